The number of ether oxygens (including phenoxy) is 2. The van der Waals surface area contributed by atoms with E-state index >= 15 is 0 Å². The van der Waals surface area contributed by atoms with Crippen molar-refractivity contribution < 1.29 is 14.3 Å². The highest BCUT2D eigenvalue weighted by Crippen LogP contribution is 2.25. The first-order chi connectivity index (χ1) is 13.7. The first kappa shape index (κ1) is 19.5. The number of nitrogens with one attached hydrogen (secondary N) is 1. The number of methoxy groups -OCH3 is 2. The van der Waals surface area contributed by atoms with Gasteiger partial charge in [0.05, 0.1) is 26.7 Å². The first-order valence-corrected chi connectivity index (χ1v) is 9.28. The average Bonchev–Trinajstić information content (AvgIpc) is 2.75. The molecule has 144 valence electrons. The van der Waals surface area contributed by atoms with Gasteiger partial charge < -0.3 is 14.8 Å². The Bertz CT molecular complexity index is 894. The lowest BCUT2D eigenvalue weighted by Crippen LogP contribution is -2.31. The molecule has 0 aliphatic rings. The van der Waals surface area contributed by atoms with Gasteiger partial charge in [-0.3, -0.25) is 4.79 Å². The van der Waals surface area contributed by atoms with E-state index < -0.39 is 0 Å². The van der Waals surface area contributed by atoms with Crippen LogP contribution in [0.2, 0.25) is 0 Å². The minimum absolute atomic E-state index is 0.0479. The molecule has 0 saturated heterocycles. The number of amides is 1. The number of carbonyl (C=O) groups is 1. The summed E-state index contributed by atoms with van der Waals surface area (Å²) in [7, 11) is 3.20. The Morgan fingerprint density at radius 1 is 0.893 bits per heavy atom. The van der Waals surface area contributed by atoms with E-state index in [1.54, 1.807) is 20.3 Å². The molecule has 3 aromatic carbocycles. The van der Waals surface area contributed by atoms with Crippen LogP contribution in [-0.4, -0.2) is 20.1 Å². The molecule has 4 heteroatoms. The summed E-state index contributed by atoms with van der Waals surface area (Å²) in [6.45, 7) is 0. The van der Waals surface area contributed by atoms with Gasteiger partial charge in [0.1, 0.15) is 11.5 Å². The predicted octanol–water partition coefficient (Wildman–Crippen LogP) is 4.35. The molecule has 0 aliphatic heterocycles. The second kappa shape index (κ2) is 9.60. The largest absolute Gasteiger partial charge is 0.497 e. The van der Waals surface area contributed by atoms with Gasteiger partial charge >= 0.3 is 0 Å². The molecule has 0 aromatic heterocycles. The normalized spacial score (nSPS) is 11.5. The third-order valence-corrected chi connectivity index (χ3v) is 4.67. The summed E-state index contributed by atoms with van der Waals surface area (Å²) in [5.74, 6) is 1.30. The highest BCUT2D eigenvalue weighted by molar-refractivity contribution is 5.80. The summed E-state index contributed by atoms with van der Waals surface area (Å²) in [6, 6.07) is 25.6. The molecule has 0 heterocycles. The van der Waals surface area contributed by atoms with Crippen molar-refractivity contribution in [3.63, 3.8) is 0 Å². The fourth-order valence-electron chi connectivity index (χ4n) is 3.20. The van der Waals surface area contributed by atoms with E-state index in [1.165, 1.54) is 5.56 Å². The van der Waals surface area contributed by atoms with Crippen LogP contribution in [0, 0.1) is 0 Å². The molecular formula is C24H25NO3. The second-order valence-corrected chi connectivity index (χ2v) is 6.58. The van der Waals surface area contributed by atoms with Crippen molar-refractivity contribution in [3.8, 4) is 11.5 Å². The molecule has 0 radical (unpaired) electrons. The van der Waals surface area contributed by atoms with Gasteiger partial charge in [-0.25, -0.2) is 0 Å². The average molecular weight is 375 g/mol. The molecule has 1 atom stereocenters. The van der Waals surface area contributed by atoms with Gasteiger partial charge in [-0.05, 0) is 23.6 Å². The number of hydrogen-bond donors (Lipinski definition) is 1. The van der Waals surface area contributed by atoms with Gasteiger partial charge in [-0.2, -0.15) is 0 Å². The SMILES string of the molecule is COc1ccc(CC(=O)NC(Cc2ccccc2)c2ccccc2)c(OC)c1. The van der Waals surface area contributed by atoms with Gasteiger partial charge in [-0.15, -0.1) is 0 Å². The van der Waals surface area contributed by atoms with Crippen molar-refractivity contribution in [2.45, 2.75) is 18.9 Å². The molecule has 0 spiro atoms. The van der Waals surface area contributed by atoms with Crippen molar-refractivity contribution in [2.75, 3.05) is 14.2 Å². The van der Waals surface area contributed by atoms with E-state index in [0.29, 0.717) is 11.5 Å². The van der Waals surface area contributed by atoms with Crippen molar-refractivity contribution >= 4 is 5.91 Å². The van der Waals surface area contributed by atoms with E-state index in [1.807, 2.05) is 60.7 Å². The molecule has 3 rings (SSSR count). The molecule has 0 bridgehead atoms. The Labute approximate surface area is 166 Å². The van der Waals surface area contributed by atoms with E-state index in [-0.39, 0.29) is 18.4 Å². The Kier molecular flexibility index (Phi) is 6.68. The van der Waals surface area contributed by atoms with E-state index in [9.17, 15) is 4.79 Å². The maximum Gasteiger partial charge on any atom is 0.225 e. The fourth-order valence-corrected chi connectivity index (χ4v) is 3.20. The molecule has 28 heavy (non-hydrogen) atoms. The van der Waals surface area contributed by atoms with Crippen LogP contribution in [0.1, 0.15) is 22.7 Å². The molecule has 0 fully saturated rings. The lowest BCUT2D eigenvalue weighted by atomic mass is 9.98. The lowest BCUT2D eigenvalue weighted by Gasteiger charge is -2.20. The van der Waals surface area contributed by atoms with Gasteiger partial charge in [-0.1, -0.05) is 66.7 Å². The number of benzene rings is 3. The van der Waals surface area contributed by atoms with E-state index in [2.05, 4.69) is 17.4 Å². The van der Waals surface area contributed by atoms with Crippen LogP contribution in [-0.2, 0) is 17.6 Å². The Balaban J connectivity index is 1.76. The van der Waals surface area contributed by atoms with Crippen molar-refractivity contribution in [3.05, 3.63) is 95.6 Å². The minimum atomic E-state index is -0.0969. The summed E-state index contributed by atoms with van der Waals surface area (Å²) in [6.07, 6.45) is 0.974. The van der Waals surface area contributed by atoms with Gasteiger partial charge in [0.15, 0.2) is 0 Å². The Hall–Kier alpha value is -3.27. The lowest BCUT2D eigenvalue weighted by molar-refractivity contribution is -0.121. The van der Waals surface area contributed by atoms with Gasteiger partial charge in [0.2, 0.25) is 5.91 Å². The van der Waals surface area contributed by atoms with Crippen LogP contribution in [0.4, 0.5) is 0 Å². The highest BCUT2D eigenvalue weighted by atomic mass is 16.5. The third-order valence-electron chi connectivity index (χ3n) is 4.67. The maximum absolute atomic E-state index is 12.8. The number of hydrogen-bond acceptors (Lipinski definition) is 3. The monoisotopic (exact) mass is 375 g/mol. The Morgan fingerprint density at radius 2 is 1.57 bits per heavy atom. The predicted molar refractivity (Wildman–Crippen MR) is 111 cm³/mol. The number of carbonyl (C=O) groups excluding carboxylic acids is 1. The summed E-state index contributed by atoms with van der Waals surface area (Å²) in [4.78, 5) is 12.8. The zero-order chi connectivity index (χ0) is 19.8. The van der Waals surface area contributed by atoms with Gasteiger partial charge in [0, 0.05) is 11.6 Å². The smallest absolute Gasteiger partial charge is 0.225 e. The molecule has 4 nitrogen and oxygen atoms in total. The summed E-state index contributed by atoms with van der Waals surface area (Å²) >= 11 is 0. The van der Waals surface area contributed by atoms with Gasteiger partial charge in [0.25, 0.3) is 0 Å². The van der Waals surface area contributed by atoms with Crippen LogP contribution in [0.5, 0.6) is 11.5 Å². The zero-order valence-electron chi connectivity index (χ0n) is 16.2. The molecule has 1 amide bonds. The molecule has 0 saturated carbocycles. The Morgan fingerprint density at radius 3 is 2.21 bits per heavy atom. The fraction of sp³-hybridized carbons (Fsp3) is 0.208. The van der Waals surface area contributed by atoms with E-state index in [0.717, 1.165) is 17.5 Å². The molecule has 3 aromatic rings. The van der Waals surface area contributed by atoms with Crippen LogP contribution >= 0.6 is 0 Å². The van der Waals surface area contributed by atoms with Crippen LogP contribution in [0.15, 0.2) is 78.9 Å². The maximum atomic E-state index is 12.8. The quantitative estimate of drug-likeness (QED) is 0.637. The highest BCUT2D eigenvalue weighted by Gasteiger charge is 2.17. The van der Waals surface area contributed by atoms with Crippen molar-refractivity contribution in [1.29, 1.82) is 0 Å². The first-order valence-electron chi connectivity index (χ1n) is 9.28. The number of rotatable bonds is 8. The standard InChI is InChI=1S/C24H25NO3/c1-27-21-14-13-20(23(17-21)28-2)16-24(26)25-22(19-11-7-4-8-12-19)15-18-9-5-3-6-10-18/h3-14,17,22H,15-16H2,1-2H3,(H,25,26). The van der Waals surface area contributed by atoms with Crippen LogP contribution in [0.3, 0.4) is 0 Å². The van der Waals surface area contributed by atoms with Crippen molar-refractivity contribution in [2.24, 2.45) is 0 Å². The molecule has 1 unspecified atom stereocenters. The molecular weight excluding hydrogens is 350 g/mol. The third kappa shape index (κ3) is 5.13. The zero-order valence-corrected chi connectivity index (χ0v) is 16.2. The van der Waals surface area contributed by atoms with Crippen LogP contribution in [0.25, 0.3) is 0 Å². The summed E-state index contributed by atoms with van der Waals surface area (Å²) in [5.41, 5.74) is 3.09. The van der Waals surface area contributed by atoms with Crippen LogP contribution < -0.4 is 14.8 Å². The molecule has 1 N–H and O–H groups in total. The van der Waals surface area contributed by atoms with Crippen molar-refractivity contribution in [1.82, 2.24) is 5.32 Å². The summed E-state index contributed by atoms with van der Waals surface area (Å²) < 4.78 is 10.6. The second-order valence-electron chi connectivity index (χ2n) is 6.58. The molecule has 0 aliphatic carbocycles. The summed E-state index contributed by atoms with van der Waals surface area (Å²) in [5, 5.41) is 3.18. The minimum Gasteiger partial charge on any atom is -0.497 e. The van der Waals surface area contributed by atoms with E-state index in [4.69, 9.17) is 9.47 Å². The topological polar surface area (TPSA) is 47.6 Å².